The van der Waals surface area contributed by atoms with Gasteiger partial charge in [0.25, 0.3) is 0 Å². The number of rotatable bonds is 14. The van der Waals surface area contributed by atoms with Crippen molar-refractivity contribution in [1.29, 1.82) is 0 Å². The van der Waals surface area contributed by atoms with Crippen LogP contribution in [0.4, 0.5) is 0 Å². The maximum atomic E-state index is 2.52. The number of unbranched alkanes of at least 4 members (excludes halogenated alkanes) is 5. The van der Waals surface area contributed by atoms with Crippen LogP contribution in [0.25, 0.3) is 0 Å². The molecule has 0 saturated heterocycles. The third-order valence-corrected chi connectivity index (χ3v) is 6.87. The molecule has 138 valence electrons. The summed E-state index contributed by atoms with van der Waals surface area (Å²) in [6.45, 7) is 14.5. The summed E-state index contributed by atoms with van der Waals surface area (Å²) in [7, 11) is 0. The van der Waals surface area contributed by atoms with Crippen molar-refractivity contribution in [3.05, 3.63) is 0 Å². The van der Waals surface area contributed by atoms with Crippen molar-refractivity contribution < 1.29 is 0 Å². The van der Waals surface area contributed by atoms with E-state index >= 15 is 0 Å². The quantitative estimate of drug-likeness (QED) is 0.282. The van der Waals surface area contributed by atoms with Crippen molar-refractivity contribution in [3.8, 4) is 0 Å². The molecule has 1 saturated carbocycles. The molecule has 0 aliphatic heterocycles. The Morgan fingerprint density at radius 1 is 0.783 bits per heavy atom. The van der Waals surface area contributed by atoms with Gasteiger partial charge in [-0.15, -0.1) is 0 Å². The fourth-order valence-electron chi connectivity index (χ4n) is 4.30. The highest BCUT2D eigenvalue weighted by Gasteiger charge is 2.42. The Morgan fingerprint density at radius 2 is 1.39 bits per heavy atom. The van der Waals surface area contributed by atoms with Crippen LogP contribution in [0.5, 0.6) is 0 Å². The lowest BCUT2D eigenvalue weighted by Gasteiger charge is -2.26. The van der Waals surface area contributed by atoms with E-state index in [1.54, 1.807) is 0 Å². The summed E-state index contributed by atoms with van der Waals surface area (Å²) >= 11 is 0. The second-order valence-electron chi connectivity index (χ2n) is 9.48. The first-order chi connectivity index (χ1) is 10.9. The molecule has 0 nitrogen and oxygen atoms in total. The second kappa shape index (κ2) is 10.8. The molecular weight excluding hydrogens is 276 g/mol. The Hall–Kier alpha value is 0. The van der Waals surface area contributed by atoms with E-state index in [2.05, 4.69) is 41.5 Å². The minimum Gasteiger partial charge on any atom is -0.0654 e. The Labute approximate surface area is 148 Å². The zero-order chi connectivity index (χ0) is 17.3. The number of hydrogen-bond acceptors (Lipinski definition) is 0. The molecule has 1 aliphatic rings. The van der Waals surface area contributed by atoms with Gasteiger partial charge in [-0.1, -0.05) is 86.5 Å². The largest absolute Gasteiger partial charge is 0.0654 e. The lowest BCUT2D eigenvalue weighted by molar-refractivity contribution is 0.241. The molecule has 1 rings (SSSR count). The van der Waals surface area contributed by atoms with Crippen molar-refractivity contribution in [2.75, 3.05) is 0 Å². The molecule has 0 aromatic carbocycles. The zero-order valence-corrected chi connectivity index (χ0v) is 17.3. The van der Waals surface area contributed by atoms with Crippen LogP contribution in [0.15, 0.2) is 0 Å². The van der Waals surface area contributed by atoms with E-state index < -0.39 is 0 Å². The van der Waals surface area contributed by atoms with Gasteiger partial charge in [0.1, 0.15) is 0 Å². The van der Waals surface area contributed by atoms with Gasteiger partial charge in [-0.05, 0) is 61.2 Å². The molecule has 0 aromatic heterocycles. The molecule has 0 heterocycles. The van der Waals surface area contributed by atoms with Crippen LogP contribution >= 0.6 is 0 Å². The molecular formula is C23H46. The van der Waals surface area contributed by atoms with E-state index in [0.717, 1.165) is 29.1 Å². The summed E-state index contributed by atoms with van der Waals surface area (Å²) in [6, 6.07) is 0. The predicted molar refractivity (Wildman–Crippen MR) is 106 cm³/mol. The Bertz CT molecular complexity index is 286. The van der Waals surface area contributed by atoms with Gasteiger partial charge in [0.15, 0.2) is 0 Å². The van der Waals surface area contributed by atoms with E-state index in [9.17, 15) is 0 Å². The first-order valence-corrected chi connectivity index (χ1v) is 10.9. The van der Waals surface area contributed by atoms with Gasteiger partial charge in [-0.2, -0.15) is 0 Å². The highest BCUT2D eigenvalue weighted by molar-refractivity contribution is 4.94. The number of hydrogen-bond donors (Lipinski definition) is 0. The highest BCUT2D eigenvalue weighted by Crippen LogP contribution is 2.55. The van der Waals surface area contributed by atoms with Gasteiger partial charge in [0.05, 0.1) is 0 Å². The maximum Gasteiger partial charge on any atom is -0.0294 e. The molecule has 0 N–H and O–H groups in total. The maximum absolute atomic E-state index is 2.52. The van der Waals surface area contributed by atoms with E-state index in [1.807, 2.05) is 0 Å². The monoisotopic (exact) mass is 322 g/mol. The zero-order valence-electron chi connectivity index (χ0n) is 17.3. The summed E-state index contributed by atoms with van der Waals surface area (Å²) in [5.74, 6) is 3.58. The molecule has 0 radical (unpaired) electrons. The minimum absolute atomic E-state index is 0.770. The average Bonchev–Trinajstić information content (AvgIpc) is 3.27. The van der Waals surface area contributed by atoms with Gasteiger partial charge in [-0.3, -0.25) is 0 Å². The van der Waals surface area contributed by atoms with Crippen molar-refractivity contribution in [2.24, 2.45) is 29.1 Å². The molecule has 3 unspecified atom stereocenters. The first-order valence-electron chi connectivity index (χ1n) is 10.9. The van der Waals surface area contributed by atoms with Crippen LogP contribution in [0, 0.1) is 29.1 Å². The Morgan fingerprint density at radius 3 is 1.96 bits per heavy atom. The normalized spacial score (nSPS) is 20.5. The second-order valence-corrected chi connectivity index (χ2v) is 9.48. The van der Waals surface area contributed by atoms with Gasteiger partial charge >= 0.3 is 0 Å². The van der Waals surface area contributed by atoms with Crippen LogP contribution in [-0.2, 0) is 0 Å². The summed E-state index contributed by atoms with van der Waals surface area (Å²) in [5.41, 5.74) is 0.770. The average molecular weight is 323 g/mol. The van der Waals surface area contributed by atoms with Crippen molar-refractivity contribution in [3.63, 3.8) is 0 Å². The summed E-state index contributed by atoms with van der Waals surface area (Å²) in [4.78, 5) is 0. The van der Waals surface area contributed by atoms with E-state index in [-0.39, 0.29) is 0 Å². The van der Waals surface area contributed by atoms with Crippen LogP contribution in [0.1, 0.15) is 119 Å². The molecule has 1 fully saturated rings. The standard InChI is InChI=1S/C23H46/c1-7-8-9-10-11-12-13-20(4)18-23(16-17-23)15-14-21(5)22(6)19(2)3/h19-22H,7-18H2,1-6H3. The third-order valence-electron chi connectivity index (χ3n) is 6.87. The molecule has 3 atom stereocenters. The fraction of sp³-hybridized carbons (Fsp3) is 1.00. The molecule has 0 bridgehead atoms. The topological polar surface area (TPSA) is 0 Å². The van der Waals surface area contributed by atoms with E-state index in [1.165, 1.54) is 77.0 Å². The summed E-state index contributed by atoms with van der Waals surface area (Å²) < 4.78 is 0. The van der Waals surface area contributed by atoms with Gasteiger partial charge < -0.3 is 0 Å². The molecule has 0 aromatic rings. The smallest absolute Gasteiger partial charge is 0.0294 e. The lowest BCUT2D eigenvalue weighted by Crippen LogP contribution is -2.16. The molecule has 1 aliphatic carbocycles. The molecule has 23 heavy (non-hydrogen) atoms. The van der Waals surface area contributed by atoms with Crippen LogP contribution in [0.3, 0.4) is 0 Å². The third kappa shape index (κ3) is 8.59. The SMILES string of the molecule is CCCCCCCCC(C)CC1(CCC(C)C(C)C(C)C)CC1. The predicted octanol–water partition coefficient (Wildman–Crippen LogP) is 8.25. The minimum atomic E-state index is 0.770. The first kappa shape index (κ1) is 21.0. The van der Waals surface area contributed by atoms with Gasteiger partial charge in [0, 0.05) is 0 Å². The Balaban J connectivity index is 2.15. The Kier molecular flexibility index (Phi) is 9.86. The molecule has 0 heteroatoms. The van der Waals surface area contributed by atoms with Crippen molar-refractivity contribution in [1.82, 2.24) is 0 Å². The van der Waals surface area contributed by atoms with E-state index in [4.69, 9.17) is 0 Å². The lowest BCUT2D eigenvalue weighted by atomic mass is 9.79. The molecule has 0 amide bonds. The summed E-state index contributed by atoms with van der Waals surface area (Å²) in [6.07, 6.45) is 17.7. The van der Waals surface area contributed by atoms with Crippen LogP contribution in [0.2, 0.25) is 0 Å². The summed E-state index contributed by atoms with van der Waals surface area (Å²) in [5, 5.41) is 0. The van der Waals surface area contributed by atoms with Crippen LogP contribution < -0.4 is 0 Å². The van der Waals surface area contributed by atoms with Crippen molar-refractivity contribution >= 4 is 0 Å². The van der Waals surface area contributed by atoms with Crippen LogP contribution in [-0.4, -0.2) is 0 Å². The molecule has 0 spiro atoms. The van der Waals surface area contributed by atoms with Crippen molar-refractivity contribution in [2.45, 2.75) is 119 Å². The van der Waals surface area contributed by atoms with E-state index in [0.29, 0.717) is 0 Å². The van der Waals surface area contributed by atoms with Gasteiger partial charge in [0.2, 0.25) is 0 Å². The fourth-order valence-corrected chi connectivity index (χ4v) is 4.30. The highest BCUT2D eigenvalue weighted by atomic mass is 14.5. The van der Waals surface area contributed by atoms with Gasteiger partial charge in [-0.25, -0.2) is 0 Å².